The van der Waals surface area contributed by atoms with E-state index in [-0.39, 0.29) is 75.9 Å². The Labute approximate surface area is 785 Å². The van der Waals surface area contributed by atoms with E-state index in [0.717, 1.165) is 230 Å². The first-order chi connectivity index (χ1) is 62.7. The number of hydrogen-bond donors (Lipinski definition) is 5. The van der Waals surface area contributed by atoms with Crippen molar-refractivity contribution in [2.75, 3.05) is 84.0 Å². The van der Waals surface area contributed by atoms with Crippen molar-refractivity contribution in [2.24, 2.45) is 26.7 Å². The number of allylic oxidation sites excluding steroid dienone is 9. The molecule has 0 aromatic carbocycles. The predicted molar refractivity (Wildman–Crippen MR) is 530 cm³/mol. The number of H-pyrrole nitrogens is 3. The lowest BCUT2D eigenvalue weighted by Gasteiger charge is -2.43. The molecule has 5 N–H and O–H groups in total. The van der Waals surface area contributed by atoms with E-state index in [1.54, 1.807) is 6.08 Å². The van der Waals surface area contributed by atoms with Gasteiger partial charge in [-0.1, -0.05) is 149 Å². The number of likely N-dealkylation sites (tertiary alicyclic amines) is 1. The minimum Gasteiger partial charge on any atom is -0.379 e. The van der Waals surface area contributed by atoms with Crippen LogP contribution < -0.4 is 10.6 Å². The summed E-state index contributed by atoms with van der Waals surface area (Å²) in [5, 5.41) is 6.64. The molecule has 0 saturated carbocycles. The number of carbonyl (C=O) groups is 4. The summed E-state index contributed by atoms with van der Waals surface area (Å²) < 4.78 is 5.55. The number of nitrogens with one attached hydrogen (secondary N) is 5. The fourth-order valence-corrected chi connectivity index (χ4v) is 18.5. The lowest BCUT2D eigenvalue weighted by molar-refractivity contribution is -0.110. The van der Waals surface area contributed by atoms with E-state index in [2.05, 4.69) is 273 Å². The number of ketones is 3. The molecule has 3 saturated heterocycles. The Hall–Kier alpha value is -11.0. The van der Waals surface area contributed by atoms with Gasteiger partial charge in [0.2, 0.25) is 17.3 Å². The van der Waals surface area contributed by atoms with Crippen molar-refractivity contribution in [3.63, 3.8) is 0 Å². The molecule has 1 amide bonds. The van der Waals surface area contributed by atoms with E-state index in [1.165, 1.54) is 60.1 Å². The van der Waals surface area contributed by atoms with Gasteiger partial charge < -0.3 is 40.1 Å². The van der Waals surface area contributed by atoms with Gasteiger partial charge in [-0.3, -0.25) is 48.8 Å². The number of aliphatic imine (C=N–C) groups is 1. The summed E-state index contributed by atoms with van der Waals surface area (Å²) in [7, 11) is 0. The molecule has 0 unspecified atom stereocenters. The number of morpholine rings is 1. The molecule has 7 aromatic heterocycles. The van der Waals surface area contributed by atoms with Crippen LogP contribution in [-0.4, -0.2) is 177 Å². The third kappa shape index (κ3) is 25.3. The van der Waals surface area contributed by atoms with Crippen molar-refractivity contribution in [2.45, 2.75) is 275 Å². The van der Waals surface area contributed by atoms with Crippen LogP contribution in [-0.2, 0) is 50.9 Å². The summed E-state index contributed by atoms with van der Waals surface area (Å²) in [4.78, 5) is 111. The molecule has 7 aromatic rings. The fraction of sp³-hybridized carbons (Fsp3) is 0.532. The van der Waals surface area contributed by atoms with Crippen LogP contribution in [0.4, 0.5) is 5.69 Å². The van der Waals surface area contributed by atoms with Crippen molar-refractivity contribution in [3.8, 4) is 37.0 Å². The number of rotatable bonds is 26. The second kappa shape index (κ2) is 42.9. The van der Waals surface area contributed by atoms with Crippen LogP contribution in [0.25, 0.3) is 27.1 Å². The molecule has 11 heterocycles. The van der Waals surface area contributed by atoms with Gasteiger partial charge in [-0.2, -0.15) is 0 Å². The first-order valence-electron chi connectivity index (χ1n) is 47.9. The number of hydrogen-bond acceptors (Lipinski definition) is 18. The number of imidazole rings is 3. The smallest absolute Gasteiger partial charge is 0.294 e. The maximum Gasteiger partial charge on any atom is 0.294 e. The molecule has 0 atom stereocenters. The van der Waals surface area contributed by atoms with E-state index in [4.69, 9.17) is 50.5 Å². The Bertz CT molecular complexity index is 5540. The minimum absolute atomic E-state index is 0.0701. The molecule has 698 valence electrons. The highest BCUT2D eigenvalue weighted by Crippen LogP contribution is 2.45. The Kier molecular flexibility index (Phi) is 32.5. The Morgan fingerprint density at radius 3 is 1.20 bits per heavy atom. The number of ether oxygens (including phenoxy) is 1. The van der Waals surface area contributed by atoms with Crippen LogP contribution >= 0.6 is 0 Å². The van der Waals surface area contributed by atoms with Crippen LogP contribution in [0.3, 0.4) is 0 Å². The van der Waals surface area contributed by atoms with Gasteiger partial charge in [0.15, 0.2) is 23.2 Å². The summed E-state index contributed by atoms with van der Waals surface area (Å²) >= 11 is 0. The molecule has 3 fully saturated rings. The SMILES string of the molecule is C#Cc1cnc(C(=O)Cc2ccc(C(C)(C)N3CCCCC3)nc2C2=CCC(C)(C)CC2)[nH]1.C#Cc1cnc(C(=O)Cc2ccc(C(C)(C)N3CCOCC3)nc2C2=CCC(C)(C)CC2)[nH]1.C#Cc1cnc(C(=O)Cc2ccc(C(C)(C)NCCC)nc2C2=CCC(C)(C)CC2)[nH]1.[C-]#[N+]C1=CCC(C(=O)Nc2ccc(C(C)(C)N3CCN(CC)CC3)nc2C2=CCC(C)(C)CC2)=N1. The molecule has 4 aliphatic heterocycles. The first kappa shape index (κ1) is 100. The molecule has 4 aliphatic carbocycles. The second-order valence-corrected chi connectivity index (χ2v) is 42.0. The molecule has 15 rings (SSSR count). The number of piperazine rings is 1. The lowest BCUT2D eigenvalue weighted by atomic mass is 9.77. The lowest BCUT2D eigenvalue weighted by Crippen LogP contribution is -2.53. The van der Waals surface area contributed by atoms with Crippen LogP contribution in [0, 0.1) is 65.3 Å². The molecular formula is C109H142N18O5. The fourth-order valence-electron chi connectivity index (χ4n) is 18.5. The largest absolute Gasteiger partial charge is 0.379 e. The topological polar surface area (TPSA) is 269 Å². The zero-order chi connectivity index (χ0) is 95.1. The summed E-state index contributed by atoms with van der Waals surface area (Å²) in [6, 6.07) is 16.5. The predicted octanol–water partition coefficient (Wildman–Crippen LogP) is 20.0. The summed E-state index contributed by atoms with van der Waals surface area (Å²) in [5.74, 6) is 8.15. The third-order valence-corrected chi connectivity index (χ3v) is 28.2. The number of likely N-dealkylation sites (N-methyl/N-ethyl adjacent to an activating group) is 1. The van der Waals surface area contributed by atoms with E-state index < -0.39 is 0 Å². The molecular weight excluding hydrogens is 1640 g/mol. The van der Waals surface area contributed by atoms with E-state index in [9.17, 15) is 19.2 Å². The average Bonchev–Trinajstić information content (AvgIpc) is 0.938. The zero-order valence-corrected chi connectivity index (χ0v) is 82.0. The maximum atomic E-state index is 13.0. The first-order valence-corrected chi connectivity index (χ1v) is 47.9. The van der Waals surface area contributed by atoms with Gasteiger partial charge in [-0.15, -0.1) is 24.3 Å². The highest BCUT2D eigenvalue weighted by Gasteiger charge is 2.39. The monoisotopic (exact) mass is 1780 g/mol. The van der Waals surface area contributed by atoms with Crippen molar-refractivity contribution < 1.29 is 23.9 Å². The average molecular weight is 1780 g/mol. The summed E-state index contributed by atoms with van der Waals surface area (Å²) in [6.45, 7) is 59.4. The Morgan fingerprint density at radius 1 is 0.477 bits per heavy atom. The van der Waals surface area contributed by atoms with Gasteiger partial charge in [-0.25, -0.2) is 19.9 Å². The Balaban J connectivity index is 0.000000159. The van der Waals surface area contributed by atoms with Crippen LogP contribution in [0.15, 0.2) is 108 Å². The molecule has 0 bridgehead atoms. The number of nitrogens with zero attached hydrogens (tertiary/aromatic N) is 13. The molecule has 23 heteroatoms. The van der Waals surface area contributed by atoms with Gasteiger partial charge in [0, 0.05) is 65.0 Å². The van der Waals surface area contributed by atoms with Crippen LogP contribution in [0.5, 0.6) is 0 Å². The van der Waals surface area contributed by atoms with E-state index in [1.807, 2.05) is 12.1 Å². The number of terminal acetylenes is 3. The number of aromatic amines is 3. The number of aromatic nitrogens is 10. The van der Waals surface area contributed by atoms with Gasteiger partial charge in [0.25, 0.3) is 11.7 Å². The zero-order valence-electron chi connectivity index (χ0n) is 82.0. The number of pyridine rings is 4. The molecule has 0 spiro atoms. The number of carbonyl (C=O) groups excluding carboxylic acids is 4. The van der Waals surface area contributed by atoms with Gasteiger partial charge in [0.1, 0.15) is 17.1 Å². The summed E-state index contributed by atoms with van der Waals surface area (Å²) in [6.07, 6.45) is 50.0. The molecule has 132 heavy (non-hydrogen) atoms. The molecule has 8 aliphatic rings. The normalized spacial score (nSPS) is 18.9. The van der Waals surface area contributed by atoms with Gasteiger partial charge in [0.05, 0.1) is 105 Å². The van der Waals surface area contributed by atoms with Crippen molar-refractivity contribution in [3.05, 3.63) is 212 Å². The highest BCUT2D eigenvalue weighted by atomic mass is 16.5. The summed E-state index contributed by atoms with van der Waals surface area (Å²) in [5.41, 5.74) is 18.6. The van der Waals surface area contributed by atoms with E-state index in [0.29, 0.717) is 62.9 Å². The highest BCUT2D eigenvalue weighted by molar-refractivity contribution is 6.44. The van der Waals surface area contributed by atoms with E-state index >= 15 is 0 Å². The van der Waals surface area contributed by atoms with Crippen molar-refractivity contribution in [1.82, 2.24) is 74.8 Å². The van der Waals surface area contributed by atoms with Gasteiger partial charge in [-0.05, 0) is 269 Å². The number of amides is 1. The number of anilines is 1. The maximum absolute atomic E-state index is 13.0. The van der Waals surface area contributed by atoms with Crippen LogP contribution in [0.2, 0.25) is 0 Å². The third-order valence-electron chi connectivity index (χ3n) is 28.2. The quantitative estimate of drug-likeness (QED) is 0.0192. The van der Waals surface area contributed by atoms with Gasteiger partial charge >= 0.3 is 0 Å². The molecule has 0 radical (unpaired) electrons. The van der Waals surface area contributed by atoms with Crippen molar-refractivity contribution >= 4 is 56.9 Å². The second-order valence-electron chi connectivity index (χ2n) is 42.0. The standard InChI is InChI=1S/C28H38N6O.C28H36N4O.C27H34N4O2.C26H34N4O/c1-7-33-16-18-34(19-17-33)28(4,5)23-10-8-21(31-26(35)22-9-11-24(29-6)30-22)25(32-23)20-12-14-27(2,3)15-13-20;1-6-22-19-29-26(30-22)23(33)18-21-10-11-24(28(4,5)32-16-8-7-9-17-32)31-25(21)20-12-14-27(2,3)15-13-20;1-6-21-18-28-25(29-21)22(32)17-20-7-8-23(27(4,5)31-13-15-33-16-14-31)30-24(20)19-9-11-26(2,3)12-10-19;1-7-15-28-26(5,6)22-10-9-19(16-21(31)24-27-17-20(8-2)29-24)23(30-22)18-11-13-25(3,4)14-12-18/h8,10-12H,7,9,13-19H2,1-5H3,(H,31,35);1,10-12,19H,7-9,13-18H2,2-5H3,(H,29,30);1,7-9,18H,10-17H2,2-5H3,(H,28,29);2,9-11,17,28H,7,12-16H2,1,3-6H3,(H,27,29). The number of piperidine rings is 1. The van der Waals surface area contributed by atoms with Crippen molar-refractivity contribution in [1.29, 1.82) is 0 Å². The molecule has 23 nitrogen and oxygen atoms in total. The minimum atomic E-state index is -0.262. The van der Waals surface area contributed by atoms with Crippen LogP contribution in [0.1, 0.15) is 345 Å². The number of Topliss-reactive ketones (excluding diaryl/α,β-unsaturated/α-hetero) is 3. The Morgan fingerprint density at radius 2 is 0.841 bits per heavy atom.